The quantitative estimate of drug-likeness (QED) is 0.181. The highest BCUT2D eigenvalue weighted by Crippen LogP contribution is 2.53. The van der Waals surface area contributed by atoms with Crippen molar-refractivity contribution in [3.05, 3.63) is 163 Å². The van der Waals surface area contributed by atoms with Crippen LogP contribution >= 0.6 is 22.7 Å². The summed E-state index contributed by atoms with van der Waals surface area (Å²) in [7, 11) is 0. The number of hydrogen-bond acceptors (Lipinski definition) is 4. The second kappa shape index (κ2) is 10.6. The fraction of sp³-hybridized carbons (Fsp3) is 0.0612. The first-order valence-corrected chi connectivity index (χ1v) is 19.8. The summed E-state index contributed by atoms with van der Waals surface area (Å²) in [5.74, 6) is 0. The zero-order valence-electron chi connectivity index (χ0n) is 29.1. The number of furan rings is 1. The van der Waals surface area contributed by atoms with Gasteiger partial charge in [-0.05, 0) is 93.7 Å². The third-order valence-electron chi connectivity index (χ3n) is 11.6. The summed E-state index contributed by atoms with van der Waals surface area (Å²) < 4.78 is 11.9. The van der Waals surface area contributed by atoms with Gasteiger partial charge in [0.15, 0.2) is 0 Å². The summed E-state index contributed by atoms with van der Waals surface area (Å²) in [6.45, 7) is 4.73. The number of fused-ring (bicyclic) bond motifs is 14. The molecule has 1 aliphatic carbocycles. The molecule has 0 aliphatic heterocycles. The minimum absolute atomic E-state index is 0.107. The first kappa shape index (κ1) is 29.6. The van der Waals surface area contributed by atoms with Crippen molar-refractivity contribution in [1.82, 2.24) is 0 Å². The molecule has 0 spiro atoms. The van der Waals surface area contributed by atoms with E-state index in [0.717, 1.165) is 33.3 Å². The molecule has 0 atom stereocenters. The Morgan fingerprint density at radius 2 is 1.21 bits per heavy atom. The second-order valence-corrected chi connectivity index (χ2v) is 17.0. The number of anilines is 3. The first-order chi connectivity index (χ1) is 26.0. The SMILES string of the molecule is CC1(C)c2ccccc2-c2ccc(N(c3ccc4c(c3)sc3ccccc34)c3cccc4c3sc3ccc5c6cc7ccccc7cc6oc5c34)cc21. The highest BCUT2D eigenvalue weighted by atomic mass is 32.1. The van der Waals surface area contributed by atoms with Gasteiger partial charge >= 0.3 is 0 Å². The maximum Gasteiger partial charge on any atom is 0.144 e. The Bertz CT molecular complexity index is 3340. The lowest BCUT2D eigenvalue weighted by molar-refractivity contribution is 0.660. The molecule has 2 nitrogen and oxygen atoms in total. The predicted octanol–water partition coefficient (Wildman–Crippen LogP) is 15.3. The third kappa shape index (κ3) is 4.08. The fourth-order valence-electron chi connectivity index (χ4n) is 9.07. The van der Waals surface area contributed by atoms with Gasteiger partial charge < -0.3 is 9.32 Å². The summed E-state index contributed by atoms with van der Waals surface area (Å²) in [4.78, 5) is 2.49. The van der Waals surface area contributed by atoms with E-state index < -0.39 is 0 Å². The molecule has 0 amide bonds. The highest BCUT2D eigenvalue weighted by molar-refractivity contribution is 7.26. The summed E-state index contributed by atoms with van der Waals surface area (Å²) in [6.07, 6.45) is 0. The van der Waals surface area contributed by atoms with E-state index in [0.29, 0.717) is 0 Å². The smallest absolute Gasteiger partial charge is 0.144 e. The van der Waals surface area contributed by atoms with Gasteiger partial charge in [0.25, 0.3) is 0 Å². The van der Waals surface area contributed by atoms with Crippen LogP contribution in [-0.2, 0) is 5.41 Å². The Morgan fingerprint density at radius 1 is 0.491 bits per heavy atom. The summed E-state index contributed by atoms with van der Waals surface area (Å²) in [5, 5.41) is 9.78. The van der Waals surface area contributed by atoms with Crippen LogP contribution in [-0.4, -0.2) is 0 Å². The Kier molecular flexibility index (Phi) is 5.91. The second-order valence-electron chi connectivity index (χ2n) is 14.9. The fourth-order valence-corrected chi connectivity index (χ4v) is 11.4. The minimum atomic E-state index is -0.107. The van der Waals surface area contributed by atoms with Crippen molar-refractivity contribution in [3.8, 4) is 11.1 Å². The lowest BCUT2D eigenvalue weighted by Crippen LogP contribution is -2.16. The molecule has 0 radical (unpaired) electrons. The van der Waals surface area contributed by atoms with Crippen molar-refractivity contribution in [2.45, 2.75) is 19.3 Å². The van der Waals surface area contributed by atoms with Crippen LogP contribution in [0, 0.1) is 0 Å². The topological polar surface area (TPSA) is 16.4 Å². The van der Waals surface area contributed by atoms with Crippen molar-refractivity contribution in [1.29, 1.82) is 0 Å². The molecule has 3 aromatic heterocycles. The molecule has 1 aliphatic rings. The Labute approximate surface area is 313 Å². The first-order valence-electron chi connectivity index (χ1n) is 18.2. The molecular weight excluding hydrogens is 683 g/mol. The molecule has 0 fully saturated rings. The summed E-state index contributed by atoms with van der Waals surface area (Å²) in [6, 6.07) is 56.1. The van der Waals surface area contributed by atoms with Gasteiger partial charge in [-0.1, -0.05) is 105 Å². The van der Waals surface area contributed by atoms with E-state index in [9.17, 15) is 0 Å². The molecule has 0 saturated carbocycles. The maximum absolute atomic E-state index is 6.79. The Morgan fingerprint density at radius 3 is 2.13 bits per heavy atom. The number of rotatable bonds is 3. The van der Waals surface area contributed by atoms with Crippen molar-refractivity contribution in [3.63, 3.8) is 0 Å². The molecular formula is C49H31NOS2. The summed E-state index contributed by atoms with van der Waals surface area (Å²) >= 11 is 3.73. The van der Waals surface area contributed by atoms with Gasteiger partial charge in [-0.25, -0.2) is 0 Å². The number of thiophene rings is 2. The van der Waals surface area contributed by atoms with E-state index in [2.05, 4.69) is 170 Å². The molecule has 4 heteroatoms. The van der Waals surface area contributed by atoms with E-state index in [1.54, 1.807) is 0 Å². The molecule has 250 valence electrons. The lowest BCUT2D eigenvalue weighted by atomic mass is 9.82. The van der Waals surface area contributed by atoms with E-state index in [-0.39, 0.29) is 5.41 Å². The largest absolute Gasteiger partial charge is 0.455 e. The van der Waals surface area contributed by atoms with Gasteiger partial charge in [0.1, 0.15) is 11.2 Å². The summed E-state index contributed by atoms with van der Waals surface area (Å²) in [5.41, 5.74) is 10.7. The average Bonchev–Trinajstić information content (AvgIpc) is 3.92. The molecule has 0 unspecified atom stereocenters. The minimum Gasteiger partial charge on any atom is -0.455 e. The number of benzene rings is 8. The highest BCUT2D eigenvalue weighted by Gasteiger charge is 2.36. The van der Waals surface area contributed by atoms with Crippen LogP contribution < -0.4 is 4.90 Å². The Balaban J connectivity index is 1.12. The van der Waals surface area contributed by atoms with Gasteiger partial charge in [0, 0.05) is 63.2 Å². The number of hydrogen-bond donors (Lipinski definition) is 0. The number of nitrogens with zero attached hydrogens (tertiary/aromatic N) is 1. The maximum atomic E-state index is 6.79. The standard InChI is InChI=1S/C49H31NOS2/c1-49(2)39-15-7-5-12-32(39)33-20-18-30(26-40(33)49)50(31-19-21-35-34-13-6-8-17-43(34)52-45(35)27-31)41-16-9-14-37-46-44(53-48(37)41)23-22-36-38-24-28-10-3-4-11-29(28)25-42(38)51-47(36)46/h3-27H,1-2H3. The van der Waals surface area contributed by atoms with Crippen molar-refractivity contribution >= 4 is 113 Å². The molecule has 53 heavy (non-hydrogen) atoms. The van der Waals surface area contributed by atoms with Gasteiger partial charge in [-0.3, -0.25) is 0 Å². The zero-order valence-corrected chi connectivity index (χ0v) is 30.7. The molecule has 11 aromatic rings. The van der Waals surface area contributed by atoms with E-state index in [1.165, 1.54) is 79.1 Å². The monoisotopic (exact) mass is 713 g/mol. The zero-order chi connectivity index (χ0) is 35.0. The molecule has 8 aromatic carbocycles. The van der Waals surface area contributed by atoms with E-state index in [4.69, 9.17) is 4.42 Å². The average molecular weight is 714 g/mol. The molecule has 12 rings (SSSR count). The van der Waals surface area contributed by atoms with E-state index >= 15 is 0 Å². The van der Waals surface area contributed by atoms with Crippen LogP contribution in [0.3, 0.4) is 0 Å². The van der Waals surface area contributed by atoms with Crippen LogP contribution in [0.25, 0.3) is 84.2 Å². The van der Waals surface area contributed by atoms with Gasteiger partial charge in [-0.2, -0.15) is 0 Å². The molecule has 0 saturated heterocycles. The van der Waals surface area contributed by atoms with Crippen LogP contribution in [0.4, 0.5) is 17.1 Å². The molecule has 3 heterocycles. The molecule has 0 bridgehead atoms. The lowest BCUT2D eigenvalue weighted by Gasteiger charge is -2.28. The molecule has 0 N–H and O–H groups in total. The van der Waals surface area contributed by atoms with Crippen LogP contribution in [0.2, 0.25) is 0 Å². The van der Waals surface area contributed by atoms with Crippen molar-refractivity contribution < 1.29 is 4.42 Å². The van der Waals surface area contributed by atoms with Crippen molar-refractivity contribution in [2.75, 3.05) is 4.90 Å². The normalized spacial score (nSPS) is 13.6. The van der Waals surface area contributed by atoms with Gasteiger partial charge in [0.05, 0.1) is 10.4 Å². The van der Waals surface area contributed by atoms with Crippen LogP contribution in [0.5, 0.6) is 0 Å². The van der Waals surface area contributed by atoms with Gasteiger partial charge in [0.2, 0.25) is 0 Å². The predicted molar refractivity (Wildman–Crippen MR) is 229 cm³/mol. The van der Waals surface area contributed by atoms with Gasteiger partial charge in [-0.15, -0.1) is 22.7 Å². The van der Waals surface area contributed by atoms with Crippen LogP contribution in [0.15, 0.2) is 156 Å². The van der Waals surface area contributed by atoms with E-state index in [1.807, 2.05) is 22.7 Å². The van der Waals surface area contributed by atoms with Crippen LogP contribution in [0.1, 0.15) is 25.0 Å². The van der Waals surface area contributed by atoms with Crippen molar-refractivity contribution in [2.24, 2.45) is 0 Å². The third-order valence-corrected chi connectivity index (χ3v) is 14.0. The Hall–Kier alpha value is -5.94.